The van der Waals surface area contributed by atoms with E-state index < -0.39 is 11.7 Å². The fourth-order valence-electron chi connectivity index (χ4n) is 2.35. The highest BCUT2D eigenvalue weighted by molar-refractivity contribution is 6.33. The van der Waals surface area contributed by atoms with Crippen LogP contribution in [0.5, 0.6) is 0 Å². The molecule has 1 fully saturated rings. The van der Waals surface area contributed by atoms with Crippen LogP contribution in [0.4, 0.5) is 19.0 Å². The number of rotatable bonds is 4. The average molecular weight is 337 g/mol. The number of likely N-dealkylation sites (tertiary alicyclic amines) is 1. The summed E-state index contributed by atoms with van der Waals surface area (Å²) in [7, 11) is 0. The van der Waals surface area contributed by atoms with Crippen molar-refractivity contribution < 1.29 is 18.0 Å². The van der Waals surface area contributed by atoms with Gasteiger partial charge in [-0.1, -0.05) is 11.6 Å². The summed E-state index contributed by atoms with van der Waals surface area (Å²) in [4.78, 5) is 16.5. The molecule has 0 spiro atoms. The van der Waals surface area contributed by atoms with Crippen LogP contribution >= 0.6 is 11.6 Å². The molecule has 2 heterocycles. The highest BCUT2D eigenvalue weighted by Gasteiger charge is 2.32. The standard InChI is InChI=1S/C13H16ClF3N4O/c14-10-5-8(13(15,16)17)6-19-12(10)20-9-1-3-21(4-2-9)7-11(18)22/h5-6,9H,1-4,7H2,(H2,18,22)(H,19,20). The quantitative estimate of drug-likeness (QED) is 0.883. The molecule has 0 bridgehead atoms. The van der Waals surface area contributed by atoms with E-state index in [2.05, 4.69) is 10.3 Å². The molecule has 0 aromatic carbocycles. The molecule has 0 unspecified atom stereocenters. The van der Waals surface area contributed by atoms with E-state index in [0.717, 1.165) is 25.1 Å². The van der Waals surface area contributed by atoms with Crippen LogP contribution in [0, 0.1) is 0 Å². The third kappa shape index (κ3) is 4.48. The maximum absolute atomic E-state index is 12.5. The summed E-state index contributed by atoms with van der Waals surface area (Å²) in [5.41, 5.74) is 4.26. The Morgan fingerprint density at radius 1 is 1.45 bits per heavy atom. The van der Waals surface area contributed by atoms with E-state index in [4.69, 9.17) is 17.3 Å². The van der Waals surface area contributed by atoms with Gasteiger partial charge in [0.2, 0.25) is 5.91 Å². The van der Waals surface area contributed by atoms with Crippen molar-refractivity contribution in [1.29, 1.82) is 0 Å². The number of halogens is 4. The minimum absolute atomic E-state index is 0.0471. The molecule has 22 heavy (non-hydrogen) atoms. The number of hydrogen-bond donors (Lipinski definition) is 2. The van der Waals surface area contributed by atoms with Crippen LogP contribution < -0.4 is 11.1 Å². The molecule has 1 saturated heterocycles. The van der Waals surface area contributed by atoms with Gasteiger partial charge in [0.25, 0.3) is 0 Å². The van der Waals surface area contributed by atoms with Gasteiger partial charge in [-0.15, -0.1) is 0 Å². The number of primary amides is 1. The Labute approximate surface area is 130 Å². The molecule has 1 aromatic heterocycles. The highest BCUT2D eigenvalue weighted by atomic mass is 35.5. The van der Waals surface area contributed by atoms with Crippen molar-refractivity contribution in [3.05, 3.63) is 22.8 Å². The van der Waals surface area contributed by atoms with Gasteiger partial charge in [0, 0.05) is 25.3 Å². The number of amides is 1. The Balaban J connectivity index is 1.94. The summed E-state index contributed by atoms with van der Waals surface area (Å²) in [6.45, 7) is 1.57. The third-order valence-electron chi connectivity index (χ3n) is 3.48. The number of nitrogens with two attached hydrogens (primary N) is 1. The molecule has 1 aliphatic heterocycles. The monoisotopic (exact) mass is 336 g/mol. The molecular formula is C13H16ClF3N4O. The summed E-state index contributed by atoms with van der Waals surface area (Å²) in [5, 5.41) is 2.99. The Morgan fingerprint density at radius 3 is 2.59 bits per heavy atom. The number of piperidine rings is 1. The van der Waals surface area contributed by atoms with Crippen molar-refractivity contribution in [1.82, 2.24) is 9.88 Å². The fourth-order valence-corrected chi connectivity index (χ4v) is 2.57. The van der Waals surface area contributed by atoms with Crippen molar-refractivity contribution in [2.75, 3.05) is 25.0 Å². The second-order valence-corrected chi connectivity index (χ2v) is 5.62. The number of hydrogen-bond acceptors (Lipinski definition) is 4. The number of anilines is 1. The smallest absolute Gasteiger partial charge is 0.369 e. The molecule has 122 valence electrons. The van der Waals surface area contributed by atoms with Crippen LogP contribution in [0.2, 0.25) is 5.02 Å². The first kappa shape index (κ1) is 16.8. The third-order valence-corrected chi connectivity index (χ3v) is 3.76. The molecule has 2 rings (SSSR count). The van der Waals surface area contributed by atoms with E-state index in [-0.39, 0.29) is 29.3 Å². The predicted molar refractivity (Wildman–Crippen MR) is 76.5 cm³/mol. The second kappa shape index (κ2) is 6.70. The minimum atomic E-state index is -4.46. The Morgan fingerprint density at radius 2 is 2.09 bits per heavy atom. The summed E-state index contributed by atoms with van der Waals surface area (Å²) in [6, 6.07) is 0.907. The van der Waals surface area contributed by atoms with Crippen LogP contribution in [-0.4, -0.2) is 41.5 Å². The Hall–Kier alpha value is -1.54. The van der Waals surface area contributed by atoms with Gasteiger partial charge in [-0.3, -0.25) is 9.69 Å². The summed E-state index contributed by atoms with van der Waals surface area (Å²) in [5.74, 6) is -0.137. The SMILES string of the molecule is NC(=O)CN1CCC(Nc2ncc(C(F)(F)F)cc2Cl)CC1. The lowest BCUT2D eigenvalue weighted by Gasteiger charge is -2.31. The molecule has 9 heteroatoms. The van der Waals surface area contributed by atoms with E-state index in [1.165, 1.54) is 0 Å². The number of alkyl halides is 3. The number of aromatic nitrogens is 1. The predicted octanol–water partition coefficient (Wildman–Crippen LogP) is 2.12. The van der Waals surface area contributed by atoms with Gasteiger partial charge >= 0.3 is 6.18 Å². The zero-order valence-electron chi connectivity index (χ0n) is 11.7. The van der Waals surface area contributed by atoms with Crippen LogP contribution in [0.25, 0.3) is 0 Å². The van der Waals surface area contributed by atoms with E-state index in [0.29, 0.717) is 13.1 Å². The average Bonchev–Trinajstić information content (AvgIpc) is 2.41. The molecule has 0 saturated carbocycles. The molecule has 3 N–H and O–H groups in total. The molecule has 0 atom stereocenters. The number of pyridine rings is 1. The van der Waals surface area contributed by atoms with Crippen molar-refractivity contribution in [3.63, 3.8) is 0 Å². The largest absolute Gasteiger partial charge is 0.417 e. The van der Waals surface area contributed by atoms with E-state index in [1.54, 1.807) is 0 Å². The normalized spacial score (nSPS) is 17.5. The first-order valence-corrected chi connectivity index (χ1v) is 7.13. The number of nitrogens with one attached hydrogen (secondary N) is 1. The highest BCUT2D eigenvalue weighted by Crippen LogP contribution is 2.32. The summed E-state index contributed by atoms with van der Waals surface area (Å²) < 4.78 is 37.6. The van der Waals surface area contributed by atoms with Crippen LogP contribution in [0.1, 0.15) is 18.4 Å². The van der Waals surface area contributed by atoms with Gasteiger partial charge in [0.05, 0.1) is 17.1 Å². The molecular weight excluding hydrogens is 321 g/mol. The minimum Gasteiger partial charge on any atom is -0.369 e. The van der Waals surface area contributed by atoms with Gasteiger partial charge < -0.3 is 11.1 Å². The second-order valence-electron chi connectivity index (χ2n) is 5.21. The summed E-state index contributed by atoms with van der Waals surface area (Å²) in [6.07, 6.45) is -2.25. The molecule has 1 aliphatic rings. The van der Waals surface area contributed by atoms with Gasteiger partial charge in [0.1, 0.15) is 5.82 Å². The van der Waals surface area contributed by atoms with Crippen molar-refractivity contribution in [2.24, 2.45) is 5.73 Å². The zero-order valence-corrected chi connectivity index (χ0v) is 12.4. The molecule has 1 amide bonds. The van der Waals surface area contributed by atoms with Crippen LogP contribution in [-0.2, 0) is 11.0 Å². The lowest BCUT2D eigenvalue weighted by atomic mass is 10.1. The summed E-state index contributed by atoms with van der Waals surface area (Å²) >= 11 is 5.86. The molecule has 1 aromatic rings. The van der Waals surface area contributed by atoms with Crippen LogP contribution in [0.15, 0.2) is 12.3 Å². The van der Waals surface area contributed by atoms with Crippen molar-refractivity contribution in [2.45, 2.75) is 25.1 Å². The van der Waals surface area contributed by atoms with Gasteiger partial charge in [-0.25, -0.2) is 4.98 Å². The first-order chi connectivity index (χ1) is 10.3. The van der Waals surface area contributed by atoms with Gasteiger partial charge in [-0.2, -0.15) is 13.2 Å². The van der Waals surface area contributed by atoms with Crippen molar-refractivity contribution >= 4 is 23.3 Å². The topological polar surface area (TPSA) is 71.2 Å². The first-order valence-electron chi connectivity index (χ1n) is 6.75. The number of carbonyl (C=O) groups is 1. The lowest BCUT2D eigenvalue weighted by Crippen LogP contribution is -2.43. The maximum atomic E-state index is 12.5. The Bertz CT molecular complexity index is 545. The zero-order chi connectivity index (χ0) is 16.3. The molecule has 5 nitrogen and oxygen atoms in total. The van der Waals surface area contributed by atoms with E-state index in [1.807, 2.05) is 4.90 Å². The number of nitrogens with zero attached hydrogens (tertiary/aromatic N) is 2. The van der Waals surface area contributed by atoms with E-state index >= 15 is 0 Å². The fraction of sp³-hybridized carbons (Fsp3) is 0.538. The Kier molecular flexibility index (Phi) is 5.12. The molecule has 0 aliphatic carbocycles. The maximum Gasteiger partial charge on any atom is 0.417 e. The van der Waals surface area contributed by atoms with E-state index in [9.17, 15) is 18.0 Å². The lowest BCUT2D eigenvalue weighted by molar-refractivity contribution is -0.137. The van der Waals surface area contributed by atoms with Crippen molar-refractivity contribution in [3.8, 4) is 0 Å². The van der Waals surface area contributed by atoms with Gasteiger partial charge in [-0.05, 0) is 18.9 Å². The molecule has 0 radical (unpaired) electrons. The van der Waals surface area contributed by atoms with Crippen LogP contribution in [0.3, 0.4) is 0 Å². The van der Waals surface area contributed by atoms with Gasteiger partial charge in [0.15, 0.2) is 0 Å². The number of carbonyl (C=O) groups excluding carboxylic acids is 1.